The van der Waals surface area contributed by atoms with E-state index in [0.29, 0.717) is 25.4 Å². The number of amides is 1. The van der Waals surface area contributed by atoms with Crippen LogP contribution >= 0.6 is 0 Å². The number of likely N-dealkylation sites (tertiary alicyclic amines) is 1. The number of rotatable bonds is 4. The van der Waals surface area contributed by atoms with Crippen molar-refractivity contribution in [1.82, 2.24) is 10.2 Å². The summed E-state index contributed by atoms with van der Waals surface area (Å²) >= 11 is 0. The standard InChI is InChI=1S/C16H22N2O2/c19-15(17-14-6-7-14)12-18-10-8-16(20,9-11-18)13-4-2-1-3-5-13/h1-5,14,20H,6-12H2,(H,17,19). The summed E-state index contributed by atoms with van der Waals surface area (Å²) in [6, 6.07) is 10.3. The van der Waals surface area contributed by atoms with Gasteiger partial charge in [-0.25, -0.2) is 0 Å². The van der Waals surface area contributed by atoms with E-state index in [2.05, 4.69) is 10.2 Å². The van der Waals surface area contributed by atoms with Crippen molar-refractivity contribution in [2.45, 2.75) is 37.3 Å². The Morgan fingerprint density at radius 2 is 1.90 bits per heavy atom. The van der Waals surface area contributed by atoms with Gasteiger partial charge in [-0.2, -0.15) is 0 Å². The number of carbonyl (C=O) groups is 1. The van der Waals surface area contributed by atoms with Gasteiger partial charge in [0, 0.05) is 19.1 Å². The van der Waals surface area contributed by atoms with Gasteiger partial charge < -0.3 is 10.4 Å². The van der Waals surface area contributed by atoms with Crippen molar-refractivity contribution in [2.75, 3.05) is 19.6 Å². The summed E-state index contributed by atoms with van der Waals surface area (Å²) in [6.45, 7) is 1.99. The first-order valence-corrected chi connectivity index (χ1v) is 7.45. The third-order valence-corrected chi connectivity index (χ3v) is 4.30. The lowest BCUT2D eigenvalue weighted by Crippen LogP contribution is -2.46. The molecule has 3 rings (SSSR count). The Labute approximate surface area is 119 Å². The first kappa shape index (κ1) is 13.6. The molecule has 1 aliphatic heterocycles. The molecule has 2 aliphatic rings. The summed E-state index contributed by atoms with van der Waals surface area (Å²) in [7, 11) is 0. The minimum atomic E-state index is -0.731. The summed E-state index contributed by atoms with van der Waals surface area (Å²) in [5, 5.41) is 13.7. The topological polar surface area (TPSA) is 52.6 Å². The van der Waals surface area contributed by atoms with Crippen LogP contribution in [-0.4, -0.2) is 41.6 Å². The molecule has 2 N–H and O–H groups in total. The highest BCUT2D eigenvalue weighted by atomic mass is 16.3. The van der Waals surface area contributed by atoms with Gasteiger partial charge in [-0.1, -0.05) is 30.3 Å². The van der Waals surface area contributed by atoms with Crippen LogP contribution in [0.1, 0.15) is 31.2 Å². The van der Waals surface area contributed by atoms with Crippen molar-refractivity contribution >= 4 is 5.91 Å². The predicted molar refractivity (Wildman–Crippen MR) is 77.2 cm³/mol. The van der Waals surface area contributed by atoms with Crippen LogP contribution in [0.2, 0.25) is 0 Å². The molecule has 1 saturated heterocycles. The SMILES string of the molecule is O=C(CN1CCC(O)(c2ccccc2)CC1)NC1CC1. The molecule has 20 heavy (non-hydrogen) atoms. The summed E-state index contributed by atoms with van der Waals surface area (Å²) < 4.78 is 0. The monoisotopic (exact) mass is 274 g/mol. The van der Waals surface area contributed by atoms with Gasteiger partial charge in [-0.3, -0.25) is 9.69 Å². The van der Waals surface area contributed by atoms with Crippen LogP contribution in [-0.2, 0) is 10.4 Å². The second kappa shape index (κ2) is 5.54. The molecule has 1 aliphatic carbocycles. The Bertz CT molecular complexity index is 463. The van der Waals surface area contributed by atoms with Crippen LogP contribution in [0.5, 0.6) is 0 Å². The maximum Gasteiger partial charge on any atom is 0.234 e. The fourth-order valence-electron chi connectivity index (χ4n) is 2.82. The van der Waals surface area contributed by atoms with Crippen LogP contribution in [0, 0.1) is 0 Å². The Morgan fingerprint density at radius 3 is 2.50 bits per heavy atom. The molecule has 0 radical (unpaired) electrons. The first-order valence-electron chi connectivity index (χ1n) is 7.45. The van der Waals surface area contributed by atoms with E-state index in [4.69, 9.17) is 0 Å². The zero-order chi connectivity index (χ0) is 14.0. The smallest absolute Gasteiger partial charge is 0.234 e. The van der Waals surface area contributed by atoms with Crippen molar-refractivity contribution in [3.63, 3.8) is 0 Å². The molecule has 1 heterocycles. The molecular weight excluding hydrogens is 252 g/mol. The van der Waals surface area contributed by atoms with Gasteiger partial charge in [0.25, 0.3) is 0 Å². The van der Waals surface area contributed by atoms with E-state index < -0.39 is 5.60 Å². The summed E-state index contributed by atoms with van der Waals surface area (Å²) in [6.07, 6.45) is 3.63. The number of hydrogen-bond donors (Lipinski definition) is 2. The van der Waals surface area contributed by atoms with Crippen LogP contribution < -0.4 is 5.32 Å². The molecule has 4 nitrogen and oxygen atoms in total. The molecular formula is C16H22N2O2. The van der Waals surface area contributed by atoms with Crippen LogP contribution in [0.25, 0.3) is 0 Å². The second-order valence-corrected chi connectivity index (χ2v) is 6.02. The minimum absolute atomic E-state index is 0.123. The largest absolute Gasteiger partial charge is 0.385 e. The molecule has 2 fully saturated rings. The lowest BCUT2D eigenvalue weighted by Gasteiger charge is -2.38. The molecule has 1 amide bonds. The highest BCUT2D eigenvalue weighted by Gasteiger charge is 2.34. The number of hydrogen-bond acceptors (Lipinski definition) is 3. The minimum Gasteiger partial charge on any atom is -0.385 e. The van der Waals surface area contributed by atoms with Crippen molar-refractivity contribution < 1.29 is 9.90 Å². The average Bonchev–Trinajstić information content (AvgIpc) is 3.26. The van der Waals surface area contributed by atoms with Crippen molar-refractivity contribution in [2.24, 2.45) is 0 Å². The average molecular weight is 274 g/mol. The molecule has 1 aromatic rings. The number of benzene rings is 1. The van der Waals surface area contributed by atoms with Gasteiger partial charge in [0.1, 0.15) is 0 Å². The molecule has 0 atom stereocenters. The zero-order valence-corrected chi connectivity index (χ0v) is 11.7. The summed E-state index contributed by atoms with van der Waals surface area (Å²) in [5.41, 5.74) is 0.257. The second-order valence-electron chi connectivity index (χ2n) is 6.02. The van der Waals surface area contributed by atoms with E-state index in [1.54, 1.807) is 0 Å². The molecule has 108 valence electrons. The third-order valence-electron chi connectivity index (χ3n) is 4.30. The fraction of sp³-hybridized carbons (Fsp3) is 0.562. The Balaban J connectivity index is 1.52. The van der Waals surface area contributed by atoms with Gasteiger partial charge in [0.2, 0.25) is 5.91 Å². The zero-order valence-electron chi connectivity index (χ0n) is 11.7. The third kappa shape index (κ3) is 3.19. The predicted octanol–water partition coefficient (Wildman–Crippen LogP) is 1.25. The van der Waals surface area contributed by atoms with Crippen LogP contribution in [0.3, 0.4) is 0 Å². The maximum atomic E-state index is 11.8. The molecule has 0 aromatic heterocycles. The van der Waals surface area contributed by atoms with E-state index in [0.717, 1.165) is 31.5 Å². The maximum absolute atomic E-state index is 11.8. The first-order chi connectivity index (χ1) is 9.66. The van der Waals surface area contributed by atoms with E-state index in [1.807, 2.05) is 30.3 Å². The number of piperidine rings is 1. The molecule has 0 spiro atoms. The number of aliphatic hydroxyl groups is 1. The van der Waals surface area contributed by atoms with E-state index in [9.17, 15) is 9.90 Å². The highest BCUT2D eigenvalue weighted by molar-refractivity contribution is 5.78. The number of nitrogens with zero attached hydrogens (tertiary/aromatic N) is 1. The highest BCUT2D eigenvalue weighted by Crippen LogP contribution is 2.32. The van der Waals surface area contributed by atoms with E-state index >= 15 is 0 Å². The Morgan fingerprint density at radius 1 is 1.25 bits per heavy atom. The molecule has 1 aromatic carbocycles. The van der Waals surface area contributed by atoms with Gasteiger partial charge in [0.05, 0.1) is 12.1 Å². The van der Waals surface area contributed by atoms with E-state index in [1.165, 1.54) is 0 Å². The van der Waals surface area contributed by atoms with Gasteiger partial charge in [0.15, 0.2) is 0 Å². The molecule has 0 bridgehead atoms. The summed E-state index contributed by atoms with van der Waals surface area (Å²) in [4.78, 5) is 13.9. The lowest BCUT2D eigenvalue weighted by atomic mass is 9.84. The van der Waals surface area contributed by atoms with Crippen molar-refractivity contribution in [3.8, 4) is 0 Å². The lowest BCUT2D eigenvalue weighted by molar-refractivity contribution is -0.123. The van der Waals surface area contributed by atoms with Crippen molar-refractivity contribution in [3.05, 3.63) is 35.9 Å². The number of nitrogens with one attached hydrogen (secondary N) is 1. The molecule has 4 heteroatoms. The normalized spacial score (nSPS) is 22.4. The number of carbonyl (C=O) groups excluding carboxylic acids is 1. The molecule has 1 saturated carbocycles. The van der Waals surface area contributed by atoms with Gasteiger partial charge in [-0.15, -0.1) is 0 Å². The van der Waals surface area contributed by atoms with Gasteiger partial charge >= 0.3 is 0 Å². The summed E-state index contributed by atoms with van der Waals surface area (Å²) in [5.74, 6) is 0.123. The van der Waals surface area contributed by atoms with Crippen LogP contribution in [0.15, 0.2) is 30.3 Å². The Hall–Kier alpha value is -1.39. The van der Waals surface area contributed by atoms with Gasteiger partial charge in [-0.05, 0) is 31.2 Å². The van der Waals surface area contributed by atoms with Crippen LogP contribution in [0.4, 0.5) is 0 Å². The fourth-order valence-corrected chi connectivity index (χ4v) is 2.82. The Kier molecular flexibility index (Phi) is 3.76. The van der Waals surface area contributed by atoms with E-state index in [-0.39, 0.29) is 5.91 Å². The quantitative estimate of drug-likeness (QED) is 0.869. The molecule has 0 unspecified atom stereocenters. The van der Waals surface area contributed by atoms with Crippen molar-refractivity contribution in [1.29, 1.82) is 0 Å².